The molecule has 0 unspecified atom stereocenters. The molecule has 8 heteroatoms. The Hall–Kier alpha value is -2.71. The molecule has 1 saturated heterocycles. The SMILES string of the molecule is C[C@H](Oc1ccc(Br)cc1)C(=O)N1CCN(Cc2nc3ccccc3c(=O)[nH]2)CC1. The van der Waals surface area contributed by atoms with Crippen LogP contribution in [0.4, 0.5) is 0 Å². The Morgan fingerprint density at radius 2 is 1.83 bits per heavy atom. The molecule has 1 N–H and O–H groups in total. The average Bonchev–Trinajstić information content (AvgIpc) is 2.75. The third-order valence-electron chi connectivity index (χ3n) is 5.19. The molecule has 7 nitrogen and oxygen atoms in total. The maximum Gasteiger partial charge on any atom is 0.263 e. The van der Waals surface area contributed by atoms with E-state index in [0.717, 1.165) is 4.47 Å². The number of carbonyl (C=O) groups is 1. The van der Waals surface area contributed by atoms with Crippen molar-refractivity contribution in [2.24, 2.45) is 0 Å². The second-order valence-electron chi connectivity index (χ2n) is 7.35. The van der Waals surface area contributed by atoms with Crippen LogP contribution in [0.2, 0.25) is 0 Å². The molecule has 2 aromatic carbocycles. The zero-order chi connectivity index (χ0) is 21.1. The van der Waals surface area contributed by atoms with Crippen molar-refractivity contribution < 1.29 is 9.53 Å². The number of fused-ring (bicyclic) bond motifs is 1. The molecule has 0 spiro atoms. The number of nitrogens with one attached hydrogen (secondary N) is 1. The normalized spacial score (nSPS) is 15.9. The highest BCUT2D eigenvalue weighted by atomic mass is 79.9. The molecule has 1 aliphatic rings. The molecule has 1 amide bonds. The second-order valence-corrected chi connectivity index (χ2v) is 8.26. The van der Waals surface area contributed by atoms with Crippen LogP contribution in [0.15, 0.2) is 57.8 Å². The fraction of sp³-hybridized carbons (Fsp3) is 0.318. The van der Waals surface area contributed by atoms with Gasteiger partial charge >= 0.3 is 0 Å². The lowest BCUT2D eigenvalue weighted by molar-refractivity contribution is -0.139. The molecule has 0 radical (unpaired) electrons. The largest absolute Gasteiger partial charge is 0.481 e. The summed E-state index contributed by atoms with van der Waals surface area (Å²) < 4.78 is 6.75. The van der Waals surface area contributed by atoms with E-state index in [1.54, 1.807) is 13.0 Å². The summed E-state index contributed by atoms with van der Waals surface area (Å²) in [5, 5.41) is 0.594. The Bertz CT molecular complexity index is 1090. The molecule has 1 aliphatic heterocycles. The van der Waals surface area contributed by atoms with Gasteiger partial charge in [0.25, 0.3) is 11.5 Å². The lowest BCUT2D eigenvalue weighted by Crippen LogP contribution is -2.51. The quantitative estimate of drug-likeness (QED) is 0.620. The van der Waals surface area contributed by atoms with E-state index in [0.29, 0.717) is 55.2 Å². The second kappa shape index (κ2) is 8.97. The molecule has 1 fully saturated rings. The van der Waals surface area contributed by atoms with Crippen molar-refractivity contribution in [3.8, 4) is 5.75 Å². The number of hydrogen-bond acceptors (Lipinski definition) is 5. The number of nitrogens with zero attached hydrogens (tertiary/aromatic N) is 3. The number of H-pyrrole nitrogens is 1. The van der Waals surface area contributed by atoms with Gasteiger partial charge in [0, 0.05) is 30.7 Å². The summed E-state index contributed by atoms with van der Waals surface area (Å²) in [7, 11) is 0. The van der Waals surface area contributed by atoms with Gasteiger partial charge in [0.1, 0.15) is 11.6 Å². The number of amides is 1. The Morgan fingerprint density at radius 3 is 2.57 bits per heavy atom. The molecule has 0 bridgehead atoms. The van der Waals surface area contributed by atoms with Gasteiger partial charge in [-0.1, -0.05) is 28.1 Å². The monoisotopic (exact) mass is 470 g/mol. The maximum atomic E-state index is 12.7. The van der Waals surface area contributed by atoms with Gasteiger partial charge in [-0.25, -0.2) is 4.98 Å². The van der Waals surface area contributed by atoms with Crippen LogP contribution in [-0.2, 0) is 11.3 Å². The van der Waals surface area contributed by atoms with Crippen molar-refractivity contribution in [2.45, 2.75) is 19.6 Å². The fourth-order valence-electron chi connectivity index (χ4n) is 3.57. The number of carbonyl (C=O) groups excluding carboxylic acids is 1. The third kappa shape index (κ3) is 4.71. The molecular formula is C22H23BrN4O3. The zero-order valence-corrected chi connectivity index (χ0v) is 18.3. The molecule has 3 aromatic rings. The Morgan fingerprint density at radius 1 is 1.13 bits per heavy atom. The molecule has 2 heterocycles. The number of ether oxygens (including phenoxy) is 1. The molecule has 30 heavy (non-hydrogen) atoms. The smallest absolute Gasteiger partial charge is 0.263 e. The third-order valence-corrected chi connectivity index (χ3v) is 5.72. The van der Waals surface area contributed by atoms with Gasteiger partial charge in [-0.2, -0.15) is 0 Å². The van der Waals surface area contributed by atoms with E-state index in [4.69, 9.17) is 4.74 Å². The van der Waals surface area contributed by atoms with Crippen molar-refractivity contribution in [1.82, 2.24) is 19.8 Å². The van der Waals surface area contributed by atoms with Crippen LogP contribution in [0.1, 0.15) is 12.7 Å². The minimum Gasteiger partial charge on any atom is -0.481 e. The van der Waals surface area contributed by atoms with Crippen molar-refractivity contribution in [3.05, 3.63) is 69.2 Å². The summed E-state index contributed by atoms with van der Waals surface area (Å²) in [5.41, 5.74) is 0.576. The summed E-state index contributed by atoms with van der Waals surface area (Å²) in [5.74, 6) is 1.30. The highest BCUT2D eigenvalue weighted by Gasteiger charge is 2.26. The lowest BCUT2D eigenvalue weighted by atomic mass is 10.2. The van der Waals surface area contributed by atoms with Crippen molar-refractivity contribution in [1.29, 1.82) is 0 Å². The highest BCUT2D eigenvalue weighted by molar-refractivity contribution is 9.10. The van der Waals surface area contributed by atoms with Crippen molar-refractivity contribution >= 4 is 32.7 Å². The van der Waals surface area contributed by atoms with Crippen LogP contribution in [0.5, 0.6) is 5.75 Å². The number of halogens is 1. The van der Waals surface area contributed by atoms with E-state index < -0.39 is 6.10 Å². The van der Waals surface area contributed by atoms with Crippen LogP contribution in [0, 0.1) is 0 Å². The van der Waals surface area contributed by atoms with Gasteiger partial charge in [0.15, 0.2) is 6.10 Å². The first-order valence-corrected chi connectivity index (χ1v) is 10.7. The van der Waals surface area contributed by atoms with E-state index in [-0.39, 0.29) is 11.5 Å². The van der Waals surface area contributed by atoms with E-state index in [1.165, 1.54) is 0 Å². The number of hydrogen-bond donors (Lipinski definition) is 1. The number of piperazine rings is 1. The number of rotatable bonds is 5. The van der Waals surface area contributed by atoms with Gasteiger partial charge in [0.2, 0.25) is 0 Å². The van der Waals surface area contributed by atoms with Crippen molar-refractivity contribution in [2.75, 3.05) is 26.2 Å². The predicted octanol–water partition coefficient (Wildman–Crippen LogP) is 2.80. The lowest BCUT2D eigenvalue weighted by Gasteiger charge is -2.35. The number of aromatic nitrogens is 2. The molecular weight excluding hydrogens is 448 g/mol. The topological polar surface area (TPSA) is 78.5 Å². The van der Waals surface area contributed by atoms with Crippen LogP contribution < -0.4 is 10.3 Å². The minimum absolute atomic E-state index is 0.0187. The van der Waals surface area contributed by atoms with Crippen LogP contribution >= 0.6 is 15.9 Å². The van der Waals surface area contributed by atoms with E-state index in [9.17, 15) is 9.59 Å². The predicted molar refractivity (Wildman–Crippen MR) is 118 cm³/mol. The summed E-state index contributed by atoms with van der Waals surface area (Å²) in [6.45, 7) is 4.99. The van der Waals surface area contributed by atoms with Gasteiger partial charge in [-0.15, -0.1) is 0 Å². The summed E-state index contributed by atoms with van der Waals surface area (Å²) in [4.78, 5) is 36.4. The fourth-order valence-corrected chi connectivity index (χ4v) is 3.84. The molecule has 156 valence electrons. The van der Waals surface area contributed by atoms with Crippen LogP contribution in [0.3, 0.4) is 0 Å². The van der Waals surface area contributed by atoms with Gasteiger partial charge in [-0.3, -0.25) is 14.5 Å². The Kier molecular flexibility index (Phi) is 6.15. The molecule has 1 aromatic heterocycles. The first-order chi connectivity index (χ1) is 14.5. The number of benzene rings is 2. The number of para-hydroxylation sites is 1. The minimum atomic E-state index is -0.545. The molecule has 0 saturated carbocycles. The number of aromatic amines is 1. The molecule has 1 atom stereocenters. The van der Waals surface area contributed by atoms with Gasteiger partial charge in [0.05, 0.1) is 17.4 Å². The maximum absolute atomic E-state index is 12.7. The molecule has 0 aliphatic carbocycles. The summed E-state index contributed by atoms with van der Waals surface area (Å²) in [6.07, 6.45) is -0.545. The van der Waals surface area contributed by atoms with Crippen molar-refractivity contribution in [3.63, 3.8) is 0 Å². The highest BCUT2D eigenvalue weighted by Crippen LogP contribution is 2.18. The van der Waals surface area contributed by atoms with E-state index in [1.807, 2.05) is 47.4 Å². The summed E-state index contributed by atoms with van der Waals surface area (Å²) in [6, 6.07) is 14.8. The van der Waals surface area contributed by atoms with E-state index >= 15 is 0 Å². The van der Waals surface area contributed by atoms with Crippen LogP contribution in [0.25, 0.3) is 10.9 Å². The van der Waals surface area contributed by atoms with E-state index in [2.05, 4.69) is 30.8 Å². The Balaban J connectivity index is 1.32. The Labute approximate surface area is 182 Å². The summed E-state index contributed by atoms with van der Waals surface area (Å²) >= 11 is 3.39. The molecule has 4 rings (SSSR count). The van der Waals surface area contributed by atoms with Gasteiger partial charge < -0.3 is 14.6 Å². The zero-order valence-electron chi connectivity index (χ0n) is 16.7. The first-order valence-electron chi connectivity index (χ1n) is 9.91. The van der Waals surface area contributed by atoms with Gasteiger partial charge in [-0.05, 0) is 43.3 Å². The first kappa shape index (κ1) is 20.6. The average molecular weight is 471 g/mol. The standard InChI is InChI=1S/C22H23BrN4O3/c1-15(30-17-8-6-16(23)7-9-17)22(29)27-12-10-26(11-13-27)14-20-24-19-5-3-2-4-18(19)21(28)25-20/h2-9,15H,10-14H2,1H3,(H,24,25,28)/t15-/m0/s1. The van der Waals surface area contributed by atoms with Crippen LogP contribution in [-0.4, -0.2) is 58.0 Å².